The lowest BCUT2D eigenvalue weighted by molar-refractivity contribution is 0.0256. The van der Waals surface area contributed by atoms with Crippen LogP contribution in [0, 0.1) is 0 Å². The molecule has 6 nitrogen and oxygen atoms in total. The van der Waals surface area contributed by atoms with Crippen LogP contribution >= 0.6 is 0 Å². The Labute approximate surface area is 174 Å². The number of ether oxygens (including phenoxy) is 1. The zero-order chi connectivity index (χ0) is 21.4. The standard InChI is InChI=1S/C23H34N4O2/c1-7-26(22(28)29-23(4,5)6)17-14-18(3)27(8-2)20-12-10-19(11-13-20)21-24-15-9-16-25-21/h9-13,15-16,18H,7-8,14,17H2,1-6H3/t18-/m1/s1. The highest BCUT2D eigenvalue weighted by Gasteiger charge is 2.22. The Bertz CT molecular complexity index is 757. The number of carbonyl (C=O) groups is 1. The SMILES string of the molecule is CCN(CC[C@@H](C)N(CC)c1ccc(-c2ncccn2)cc1)C(=O)OC(C)(C)C. The number of rotatable bonds is 8. The number of hydrogen-bond donors (Lipinski definition) is 0. The maximum Gasteiger partial charge on any atom is 0.410 e. The Morgan fingerprint density at radius 3 is 2.21 bits per heavy atom. The number of benzene rings is 1. The van der Waals surface area contributed by atoms with Gasteiger partial charge in [-0.1, -0.05) is 0 Å². The third-order valence-corrected chi connectivity index (χ3v) is 4.75. The first kappa shape index (κ1) is 22.7. The average molecular weight is 399 g/mol. The number of carbonyl (C=O) groups excluding carboxylic acids is 1. The molecule has 0 aliphatic heterocycles. The summed E-state index contributed by atoms with van der Waals surface area (Å²) in [5, 5.41) is 0. The molecule has 1 aromatic carbocycles. The predicted octanol–water partition coefficient (Wildman–Crippen LogP) is 5.01. The highest BCUT2D eigenvalue weighted by Crippen LogP contribution is 2.23. The van der Waals surface area contributed by atoms with E-state index in [0.717, 1.165) is 30.0 Å². The summed E-state index contributed by atoms with van der Waals surface area (Å²) in [6, 6.07) is 10.4. The topological polar surface area (TPSA) is 58.6 Å². The minimum atomic E-state index is -0.476. The lowest BCUT2D eigenvalue weighted by Gasteiger charge is -2.32. The van der Waals surface area contributed by atoms with Crippen LogP contribution in [0.2, 0.25) is 0 Å². The van der Waals surface area contributed by atoms with E-state index < -0.39 is 5.60 Å². The molecular formula is C23H34N4O2. The Morgan fingerprint density at radius 1 is 1.07 bits per heavy atom. The summed E-state index contributed by atoms with van der Waals surface area (Å²) in [6.45, 7) is 14.2. The summed E-state index contributed by atoms with van der Waals surface area (Å²) in [6.07, 6.45) is 4.12. The molecule has 0 unspecified atom stereocenters. The van der Waals surface area contributed by atoms with E-state index in [4.69, 9.17) is 4.74 Å². The van der Waals surface area contributed by atoms with E-state index in [1.165, 1.54) is 0 Å². The molecule has 2 rings (SSSR count). The molecule has 2 aromatic rings. The van der Waals surface area contributed by atoms with Crippen LogP contribution in [0.3, 0.4) is 0 Å². The van der Waals surface area contributed by atoms with Gasteiger partial charge in [0.25, 0.3) is 0 Å². The lowest BCUT2D eigenvalue weighted by Crippen LogP contribution is -2.40. The highest BCUT2D eigenvalue weighted by molar-refractivity contribution is 5.68. The summed E-state index contributed by atoms with van der Waals surface area (Å²) in [5.74, 6) is 0.728. The van der Waals surface area contributed by atoms with Gasteiger partial charge < -0.3 is 14.5 Å². The Morgan fingerprint density at radius 2 is 1.69 bits per heavy atom. The van der Waals surface area contributed by atoms with Crippen LogP contribution in [-0.4, -0.2) is 52.2 Å². The predicted molar refractivity (Wildman–Crippen MR) is 118 cm³/mol. The van der Waals surface area contributed by atoms with Gasteiger partial charge in [-0.2, -0.15) is 0 Å². The van der Waals surface area contributed by atoms with E-state index >= 15 is 0 Å². The molecule has 0 radical (unpaired) electrons. The Kier molecular flexibility index (Phi) is 8.00. The van der Waals surface area contributed by atoms with Crippen LogP contribution in [0.5, 0.6) is 0 Å². The second kappa shape index (κ2) is 10.2. The van der Waals surface area contributed by atoms with Crippen molar-refractivity contribution in [1.29, 1.82) is 0 Å². The minimum Gasteiger partial charge on any atom is -0.444 e. The van der Waals surface area contributed by atoms with Gasteiger partial charge in [0.1, 0.15) is 5.60 Å². The van der Waals surface area contributed by atoms with Gasteiger partial charge in [0, 0.05) is 49.3 Å². The van der Waals surface area contributed by atoms with Crippen molar-refractivity contribution in [2.24, 2.45) is 0 Å². The van der Waals surface area contributed by atoms with Crippen molar-refractivity contribution in [2.75, 3.05) is 24.5 Å². The molecular weight excluding hydrogens is 364 g/mol. The number of anilines is 1. The Balaban J connectivity index is 2.00. The van der Waals surface area contributed by atoms with Crippen LogP contribution in [0.25, 0.3) is 11.4 Å². The third kappa shape index (κ3) is 6.73. The first-order valence-corrected chi connectivity index (χ1v) is 10.4. The van der Waals surface area contributed by atoms with E-state index in [1.54, 1.807) is 17.3 Å². The largest absolute Gasteiger partial charge is 0.444 e. The van der Waals surface area contributed by atoms with Crippen LogP contribution in [-0.2, 0) is 4.74 Å². The van der Waals surface area contributed by atoms with Crippen molar-refractivity contribution < 1.29 is 9.53 Å². The zero-order valence-corrected chi connectivity index (χ0v) is 18.6. The van der Waals surface area contributed by atoms with E-state index in [1.807, 2.05) is 33.8 Å². The fourth-order valence-electron chi connectivity index (χ4n) is 3.20. The average Bonchev–Trinajstić information content (AvgIpc) is 2.69. The first-order valence-electron chi connectivity index (χ1n) is 10.4. The van der Waals surface area contributed by atoms with Gasteiger partial charge in [0.2, 0.25) is 0 Å². The van der Waals surface area contributed by atoms with Gasteiger partial charge in [0.05, 0.1) is 0 Å². The van der Waals surface area contributed by atoms with Crippen molar-refractivity contribution in [3.63, 3.8) is 0 Å². The summed E-state index contributed by atoms with van der Waals surface area (Å²) in [5.41, 5.74) is 1.68. The highest BCUT2D eigenvalue weighted by atomic mass is 16.6. The molecule has 0 spiro atoms. The van der Waals surface area contributed by atoms with E-state index in [9.17, 15) is 4.79 Å². The van der Waals surface area contributed by atoms with Crippen LogP contribution in [0.1, 0.15) is 48.0 Å². The number of aromatic nitrogens is 2. The van der Waals surface area contributed by atoms with Crippen molar-refractivity contribution in [3.05, 3.63) is 42.7 Å². The molecule has 0 saturated carbocycles. The monoisotopic (exact) mass is 398 g/mol. The van der Waals surface area contributed by atoms with Gasteiger partial charge in [-0.05, 0) is 78.3 Å². The number of nitrogens with zero attached hydrogens (tertiary/aromatic N) is 4. The minimum absolute atomic E-state index is 0.248. The summed E-state index contributed by atoms with van der Waals surface area (Å²) in [7, 11) is 0. The van der Waals surface area contributed by atoms with E-state index in [2.05, 4.69) is 53.0 Å². The number of amides is 1. The third-order valence-electron chi connectivity index (χ3n) is 4.75. The molecule has 6 heteroatoms. The van der Waals surface area contributed by atoms with Crippen LogP contribution in [0.4, 0.5) is 10.5 Å². The fourth-order valence-corrected chi connectivity index (χ4v) is 3.20. The second-order valence-corrected chi connectivity index (χ2v) is 8.10. The van der Waals surface area contributed by atoms with Crippen LogP contribution in [0.15, 0.2) is 42.7 Å². The van der Waals surface area contributed by atoms with Gasteiger partial charge in [-0.15, -0.1) is 0 Å². The Hall–Kier alpha value is -2.63. The quantitative estimate of drug-likeness (QED) is 0.626. The van der Waals surface area contributed by atoms with E-state index in [0.29, 0.717) is 13.1 Å². The summed E-state index contributed by atoms with van der Waals surface area (Å²) >= 11 is 0. The van der Waals surface area contributed by atoms with Crippen molar-refractivity contribution in [3.8, 4) is 11.4 Å². The van der Waals surface area contributed by atoms with E-state index in [-0.39, 0.29) is 12.1 Å². The molecule has 1 aromatic heterocycles. The van der Waals surface area contributed by atoms with Crippen molar-refractivity contribution in [1.82, 2.24) is 14.9 Å². The molecule has 0 bridgehead atoms. The van der Waals surface area contributed by atoms with Crippen molar-refractivity contribution in [2.45, 2.75) is 59.6 Å². The van der Waals surface area contributed by atoms with Gasteiger partial charge >= 0.3 is 6.09 Å². The number of hydrogen-bond acceptors (Lipinski definition) is 5. The molecule has 1 atom stereocenters. The first-order chi connectivity index (χ1) is 13.7. The van der Waals surface area contributed by atoms with Crippen molar-refractivity contribution >= 4 is 11.8 Å². The smallest absolute Gasteiger partial charge is 0.410 e. The molecule has 158 valence electrons. The summed E-state index contributed by atoms with van der Waals surface area (Å²) in [4.78, 5) is 25.1. The lowest BCUT2D eigenvalue weighted by atomic mass is 10.1. The normalized spacial score (nSPS) is 12.3. The maximum atomic E-state index is 12.4. The second-order valence-electron chi connectivity index (χ2n) is 8.10. The fraction of sp³-hybridized carbons (Fsp3) is 0.522. The van der Waals surface area contributed by atoms with Gasteiger partial charge in [0.15, 0.2) is 5.82 Å². The molecule has 0 N–H and O–H groups in total. The zero-order valence-electron chi connectivity index (χ0n) is 18.6. The molecule has 0 aliphatic carbocycles. The van der Waals surface area contributed by atoms with Crippen LogP contribution < -0.4 is 4.90 Å². The summed E-state index contributed by atoms with van der Waals surface area (Å²) < 4.78 is 5.51. The molecule has 1 heterocycles. The molecule has 29 heavy (non-hydrogen) atoms. The van der Waals surface area contributed by atoms with Gasteiger partial charge in [-0.25, -0.2) is 14.8 Å². The molecule has 0 aliphatic rings. The molecule has 0 saturated heterocycles. The van der Waals surface area contributed by atoms with Gasteiger partial charge in [-0.3, -0.25) is 0 Å². The maximum absolute atomic E-state index is 12.4. The molecule has 0 fully saturated rings. The molecule has 1 amide bonds.